The van der Waals surface area contributed by atoms with Gasteiger partial charge in [0.1, 0.15) is 11.6 Å². The van der Waals surface area contributed by atoms with E-state index >= 15 is 0 Å². The molecule has 0 fully saturated rings. The molecule has 0 spiro atoms. The third-order valence-electron chi connectivity index (χ3n) is 2.24. The van der Waals surface area contributed by atoms with Gasteiger partial charge in [-0.1, -0.05) is 25.4 Å². The smallest absolute Gasteiger partial charge is 0.155 e. The van der Waals surface area contributed by atoms with Gasteiger partial charge in [0.05, 0.1) is 11.7 Å². The maximum Gasteiger partial charge on any atom is 0.155 e. The Balaban J connectivity index is 2.59. The number of aromatic nitrogens is 2. The molecule has 80 valence electrons. The lowest BCUT2D eigenvalue weighted by Gasteiger charge is -2.03. The van der Waals surface area contributed by atoms with Crippen LogP contribution in [-0.4, -0.2) is 14.5 Å². The quantitative estimate of drug-likeness (QED) is 0.852. The van der Waals surface area contributed by atoms with Crippen LogP contribution in [0, 0.1) is 5.92 Å². The van der Waals surface area contributed by atoms with Gasteiger partial charge in [-0.2, -0.15) is 0 Å². The maximum absolute atomic E-state index is 9.41. The molecule has 2 heterocycles. The van der Waals surface area contributed by atoms with Gasteiger partial charge >= 0.3 is 0 Å². The summed E-state index contributed by atoms with van der Waals surface area (Å²) in [6.45, 7) is 4.25. The molecule has 4 heteroatoms. The Morgan fingerprint density at radius 2 is 2.20 bits per heavy atom. The zero-order valence-corrected chi connectivity index (χ0v) is 9.49. The molecule has 0 radical (unpaired) electrons. The minimum atomic E-state index is 0.224. The summed E-state index contributed by atoms with van der Waals surface area (Å²) in [6, 6.07) is 3.39. The fourth-order valence-corrected chi connectivity index (χ4v) is 1.86. The number of rotatable bonds is 2. The van der Waals surface area contributed by atoms with Crippen molar-refractivity contribution in [2.75, 3.05) is 0 Å². The Kier molecular flexibility index (Phi) is 2.57. The molecule has 3 nitrogen and oxygen atoms in total. The van der Waals surface area contributed by atoms with Gasteiger partial charge < -0.3 is 5.11 Å². The molecule has 0 atom stereocenters. The maximum atomic E-state index is 9.41. The average Bonchev–Trinajstić information content (AvgIpc) is 2.42. The summed E-state index contributed by atoms with van der Waals surface area (Å²) in [4.78, 5) is 4.29. The van der Waals surface area contributed by atoms with Crippen molar-refractivity contribution < 1.29 is 5.11 Å². The fourth-order valence-electron chi connectivity index (χ4n) is 1.60. The molecule has 0 saturated carbocycles. The molecule has 0 aromatic carbocycles. The Morgan fingerprint density at radius 3 is 2.87 bits per heavy atom. The van der Waals surface area contributed by atoms with Gasteiger partial charge in [-0.25, -0.2) is 4.98 Å². The predicted octanol–water partition coefficient (Wildman–Crippen LogP) is 2.89. The molecular formula is C11H13ClN2O. The zero-order valence-electron chi connectivity index (χ0n) is 8.74. The lowest BCUT2D eigenvalue weighted by Crippen LogP contribution is -2.00. The molecule has 0 amide bonds. The summed E-state index contributed by atoms with van der Waals surface area (Å²) in [5.41, 5.74) is 0.838. The number of nitrogens with zero attached hydrogens (tertiary/aromatic N) is 2. The molecule has 0 aliphatic carbocycles. The molecular weight excluding hydrogens is 212 g/mol. The second-order valence-corrected chi connectivity index (χ2v) is 4.42. The van der Waals surface area contributed by atoms with Crippen LogP contribution in [-0.2, 0) is 6.42 Å². The van der Waals surface area contributed by atoms with Crippen LogP contribution in [0.5, 0.6) is 5.75 Å². The summed E-state index contributed by atoms with van der Waals surface area (Å²) in [6.07, 6.45) is 2.49. The van der Waals surface area contributed by atoms with Crippen molar-refractivity contribution in [3.63, 3.8) is 0 Å². The summed E-state index contributed by atoms with van der Waals surface area (Å²) in [7, 11) is 0. The number of aromatic hydroxyl groups is 1. The van der Waals surface area contributed by atoms with E-state index in [2.05, 4.69) is 18.8 Å². The molecule has 1 N–H and O–H groups in total. The van der Waals surface area contributed by atoms with E-state index in [1.54, 1.807) is 18.3 Å². The van der Waals surface area contributed by atoms with Crippen molar-refractivity contribution in [2.45, 2.75) is 20.3 Å². The number of fused-ring (bicyclic) bond motifs is 1. The van der Waals surface area contributed by atoms with Crippen LogP contribution in [0.3, 0.4) is 0 Å². The van der Waals surface area contributed by atoms with Gasteiger partial charge in [-0.3, -0.25) is 4.40 Å². The van der Waals surface area contributed by atoms with Crippen LogP contribution in [0.25, 0.3) is 5.52 Å². The first kappa shape index (κ1) is 10.3. The summed E-state index contributed by atoms with van der Waals surface area (Å²) < 4.78 is 1.84. The van der Waals surface area contributed by atoms with Crippen molar-refractivity contribution in [3.8, 4) is 5.75 Å². The fraction of sp³-hybridized carbons (Fsp3) is 0.364. The average molecular weight is 225 g/mol. The van der Waals surface area contributed by atoms with Crippen LogP contribution in [0.15, 0.2) is 18.3 Å². The number of imidazole rings is 1. The molecule has 0 aliphatic rings. The molecule has 2 aromatic rings. The SMILES string of the molecule is CC(C)Cc1nc(Cl)c2ccc(O)cn12. The number of hydrogen-bond donors (Lipinski definition) is 1. The topological polar surface area (TPSA) is 37.5 Å². The van der Waals surface area contributed by atoms with E-state index in [1.807, 2.05) is 4.40 Å². The second kappa shape index (κ2) is 3.74. The van der Waals surface area contributed by atoms with Gasteiger partial charge in [-0.15, -0.1) is 0 Å². The first-order chi connectivity index (χ1) is 7.08. The monoisotopic (exact) mass is 224 g/mol. The lowest BCUT2D eigenvalue weighted by molar-refractivity contribution is 0.471. The van der Waals surface area contributed by atoms with Crippen LogP contribution >= 0.6 is 11.6 Å². The van der Waals surface area contributed by atoms with Gasteiger partial charge in [0.2, 0.25) is 0 Å². The Bertz CT molecular complexity index is 491. The van der Waals surface area contributed by atoms with E-state index in [9.17, 15) is 5.11 Å². The van der Waals surface area contributed by atoms with Crippen molar-refractivity contribution in [2.24, 2.45) is 5.92 Å². The standard InChI is InChI=1S/C11H13ClN2O/c1-7(2)5-10-13-11(12)9-4-3-8(15)6-14(9)10/h3-4,6-7,15H,5H2,1-2H3. The van der Waals surface area contributed by atoms with E-state index in [0.717, 1.165) is 17.8 Å². The van der Waals surface area contributed by atoms with Crippen LogP contribution in [0.1, 0.15) is 19.7 Å². The van der Waals surface area contributed by atoms with E-state index < -0.39 is 0 Å². The first-order valence-electron chi connectivity index (χ1n) is 4.93. The molecule has 2 rings (SSSR count). The highest BCUT2D eigenvalue weighted by Gasteiger charge is 2.10. The summed E-state index contributed by atoms with van der Waals surface area (Å²) in [5, 5.41) is 9.90. The summed E-state index contributed by atoms with van der Waals surface area (Å²) in [5.74, 6) is 1.62. The van der Waals surface area contributed by atoms with Crippen molar-refractivity contribution in [1.82, 2.24) is 9.38 Å². The second-order valence-electron chi connectivity index (χ2n) is 4.06. The molecule has 0 aliphatic heterocycles. The molecule has 2 aromatic heterocycles. The molecule has 0 saturated heterocycles. The van der Waals surface area contributed by atoms with Crippen molar-refractivity contribution in [1.29, 1.82) is 0 Å². The zero-order chi connectivity index (χ0) is 11.0. The highest BCUT2D eigenvalue weighted by molar-refractivity contribution is 6.32. The number of halogens is 1. The van der Waals surface area contributed by atoms with Gasteiger partial charge in [0.25, 0.3) is 0 Å². The lowest BCUT2D eigenvalue weighted by atomic mass is 10.1. The number of pyridine rings is 1. The largest absolute Gasteiger partial charge is 0.506 e. The minimum absolute atomic E-state index is 0.224. The van der Waals surface area contributed by atoms with Gasteiger partial charge in [0, 0.05) is 6.42 Å². The van der Waals surface area contributed by atoms with Crippen LogP contribution in [0.2, 0.25) is 5.15 Å². The van der Waals surface area contributed by atoms with Crippen LogP contribution in [0.4, 0.5) is 0 Å². The molecule has 0 bridgehead atoms. The summed E-state index contributed by atoms with van der Waals surface area (Å²) >= 11 is 6.00. The van der Waals surface area contributed by atoms with E-state index in [-0.39, 0.29) is 5.75 Å². The normalized spacial score (nSPS) is 11.5. The van der Waals surface area contributed by atoms with Gasteiger partial charge in [-0.05, 0) is 18.1 Å². The van der Waals surface area contributed by atoms with Crippen LogP contribution < -0.4 is 0 Å². The Labute approximate surface area is 93.3 Å². The van der Waals surface area contributed by atoms with E-state index in [0.29, 0.717) is 11.1 Å². The third kappa shape index (κ3) is 1.92. The Morgan fingerprint density at radius 1 is 1.47 bits per heavy atom. The van der Waals surface area contributed by atoms with Crippen molar-refractivity contribution >= 4 is 17.1 Å². The molecule has 15 heavy (non-hydrogen) atoms. The Hall–Kier alpha value is -1.22. The number of hydrogen-bond acceptors (Lipinski definition) is 2. The van der Waals surface area contributed by atoms with E-state index in [4.69, 9.17) is 11.6 Å². The highest BCUT2D eigenvalue weighted by Crippen LogP contribution is 2.22. The molecule has 0 unspecified atom stereocenters. The van der Waals surface area contributed by atoms with Crippen molar-refractivity contribution in [3.05, 3.63) is 29.3 Å². The first-order valence-corrected chi connectivity index (χ1v) is 5.31. The highest BCUT2D eigenvalue weighted by atomic mass is 35.5. The van der Waals surface area contributed by atoms with Gasteiger partial charge in [0.15, 0.2) is 5.15 Å². The predicted molar refractivity (Wildman–Crippen MR) is 60.4 cm³/mol. The minimum Gasteiger partial charge on any atom is -0.506 e. The van der Waals surface area contributed by atoms with E-state index in [1.165, 1.54) is 0 Å². The third-order valence-corrected chi connectivity index (χ3v) is 2.52.